The first-order valence-electron chi connectivity index (χ1n) is 35.5. The molecule has 3 aliphatic carbocycles. The smallest absolute Gasteiger partial charge is 0.342 e. The molecule has 0 radical (unpaired) electrons. The number of esters is 2. The molecule has 0 bridgehead atoms. The molecule has 0 unspecified atom stereocenters. The van der Waals surface area contributed by atoms with E-state index in [4.69, 9.17) is 47.7 Å². The number of hydrogen-bond donors (Lipinski definition) is 0. The lowest BCUT2D eigenvalue weighted by molar-refractivity contribution is -0.215. The van der Waals surface area contributed by atoms with Crippen LogP contribution >= 0.6 is 0 Å². The van der Waals surface area contributed by atoms with Crippen molar-refractivity contribution in [2.75, 3.05) is 93.0 Å². The summed E-state index contributed by atoms with van der Waals surface area (Å²) in [5.41, 5.74) is 24.8. The van der Waals surface area contributed by atoms with Gasteiger partial charge in [0.2, 0.25) is 0 Å². The second-order valence-corrected chi connectivity index (χ2v) is 27.4. The molecule has 0 amide bonds. The maximum Gasteiger partial charge on any atom is 0.342 e. The summed E-state index contributed by atoms with van der Waals surface area (Å²) in [6.07, 6.45) is 0.919. The van der Waals surface area contributed by atoms with Crippen molar-refractivity contribution in [2.45, 2.75) is 85.0 Å². The van der Waals surface area contributed by atoms with Crippen molar-refractivity contribution in [2.24, 2.45) is 0 Å². The van der Waals surface area contributed by atoms with E-state index in [-0.39, 0.29) is 67.3 Å². The van der Waals surface area contributed by atoms with Gasteiger partial charge in [-0.15, -0.1) is 0 Å². The Morgan fingerprint density at radius 1 is 0.337 bits per heavy atom. The molecule has 0 heterocycles. The predicted octanol–water partition coefficient (Wildman–Crippen LogP) is 19.1. The Morgan fingerprint density at radius 3 is 1.06 bits per heavy atom. The number of rotatable bonds is 30. The van der Waals surface area contributed by atoms with Crippen molar-refractivity contribution in [3.8, 4) is 89.4 Å². The van der Waals surface area contributed by atoms with E-state index in [1.54, 1.807) is 27.0 Å². The fraction of sp³-hybridized carbons (Fsp3) is 0.303. The van der Waals surface area contributed by atoms with Crippen LogP contribution in [0.3, 0.4) is 0 Å². The molecule has 101 heavy (non-hydrogen) atoms. The molecule has 10 aromatic rings. The van der Waals surface area contributed by atoms with Crippen LogP contribution in [0.25, 0.3) is 77.9 Å². The highest BCUT2D eigenvalue weighted by Gasteiger charge is 2.48. The maximum absolute atomic E-state index is 14.8. The average Bonchev–Trinajstić information content (AvgIpc) is 1.52. The van der Waals surface area contributed by atoms with Crippen LogP contribution in [0, 0.1) is 13.8 Å². The summed E-state index contributed by atoms with van der Waals surface area (Å²) in [7, 11) is 1.64. The monoisotopic (exact) mass is 1350 g/mol. The van der Waals surface area contributed by atoms with Gasteiger partial charge in [-0.1, -0.05) is 179 Å². The summed E-state index contributed by atoms with van der Waals surface area (Å²) >= 11 is 0. The largest absolute Gasteiger partial charge is 0.490 e. The zero-order chi connectivity index (χ0) is 70.4. The molecule has 0 aliphatic heterocycles. The van der Waals surface area contributed by atoms with Gasteiger partial charge in [-0.2, -0.15) is 4.89 Å². The Balaban J connectivity index is 0.981. The van der Waals surface area contributed by atoms with Gasteiger partial charge in [0, 0.05) is 24.5 Å². The lowest BCUT2D eigenvalue weighted by atomic mass is 9.66. The summed E-state index contributed by atoms with van der Waals surface area (Å²) in [5.74, 6) is -0.670. The fourth-order valence-corrected chi connectivity index (χ4v) is 15.0. The third-order valence-electron chi connectivity index (χ3n) is 20.2. The summed E-state index contributed by atoms with van der Waals surface area (Å²) in [6, 6.07) is 69.9. The summed E-state index contributed by atoms with van der Waals surface area (Å²) < 4.78 is 46.4. The Morgan fingerprint density at radius 2 is 0.663 bits per heavy atom. The molecular formula is C89H90O12. The molecule has 0 aromatic heterocycles. The van der Waals surface area contributed by atoms with Crippen LogP contribution in [0.1, 0.15) is 131 Å². The van der Waals surface area contributed by atoms with E-state index in [1.807, 2.05) is 30.3 Å². The van der Waals surface area contributed by atoms with E-state index in [0.29, 0.717) is 57.6 Å². The highest BCUT2D eigenvalue weighted by Crippen LogP contribution is 2.60. The van der Waals surface area contributed by atoms with Gasteiger partial charge in [0.1, 0.15) is 30.1 Å². The van der Waals surface area contributed by atoms with Crippen LogP contribution in [-0.4, -0.2) is 105 Å². The Labute approximate surface area is 594 Å². The number of hydrogen-bond acceptors (Lipinski definition) is 12. The third-order valence-corrected chi connectivity index (χ3v) is 20.2. The van der Waals surface area contributed by atoms with Gasteiger partial charge in [0.25, 0.3) is 0 Å². The van der Waals surface area contributed by atoms with Gasteiger partial charge >= 0.3 is 11.9 Å². The van der Waals surface area contributed by atoms with Crippen molar-refractivity contribution >= 4 is 11.9 Å². The van der Waals surface area contributed by atoms with Gasteiger partial charge in [-0.05, 0) is 217 Å². The Kier molecular flexibility index (Phi) is 21.0. The molecule has 0 spiro atoms. The molecular weight excluding hydrogens is 1260 g/mol. The number of aryl methyl sites for hydroxylation is 2. The van der Waals surface area contributed by atoms with Gasteiger partial charge in [-0.25, -0.2) is 9.59 Å². The lowest BCUT2D eigenvalue weighted by Gasteiger charge is -2.35. The standard InChI is InChI=1S/C89H90O12/c1-11-38-93-41-42-96-46-48-100-101-84-37-29-68(56-76(84)86(91)98-13-3)89(67-28-36-83(75(55-67)85(90)97-12-2)99-47-45-95-44-43-94-40-39-92-10)81-53-65(63-24-32-71-69-30-22-61(59-18-14-57(4)15-19-59)49-77(69)87(6,7)79(71)51-63)26-34-73(81)74-35-27-66(54-82(74)89)64-25-33-72-70-31-23-62(60-20-16-58(5)17-21-60)50-78(70)88(8,9)80(72)52-64/h14-37,49-56H,11-13,38-48H2,1-10H3. The minimum atomic E-state index is -1.28. The van der Waals surface area contributed by atoms with Crippen molar-refractivity contribution in [3.05, 3.63) is 261 Å². The highest BCUT2D eigenvalue weighted by atomic mass is 17.2. The van der Waals surface area contributed by atoms with Crippen molar-refractivity contribution < 1.29 is 57.3 Å². The normalized spacial score (nSPS) is 13.8. The van der Waals surface area contributed by atoms with Crippen molar-refractivity contribution in [3.63, 3.8) is 0 Å². The van der Waals surface area contributed by atoms with Crippen LogP contribution in [0.2, 0.25) is 0 Å². The molecule has 0 saturated heterocycles. The van der Waals surface area contributed by atoms with E-state index in [0.717, 1.165) is 56.5 Å². The second-order valence-electron chi connectivity index (χ2n) is 27.4. The number of benzene rings is 10. The quantitative estimate of drug-likeness (QED) is 0.0184. The molecule has 12 heteroatoms. The minimum Gasteiger partial charge on any atom is -0.490 e. The topological polar surface area (TPSA) is 126 Å². The molecule has 13 rings (SSSR count). The van der Waals surface area contributed by atoms with Crippen LogP contribution in [0.15, 0.2) is 194 Å². The van der Waals surface area contributed by atoms with E-state index in [1.165, 1.54) is 77.9 Å². The molecule has 0 N–H and O–H groups in total. The molecule has 3 aliphatic rings. The first-order valence-corrected chi connectivity index (χ1v) is 35.5. The van der Waals surface area contributed by atoms with E-state index in [9.17, 15) is 9.59 Å². The van der Waals surface area contributed by atoms with Crippen molar-refractivity contribution in [1.29, 1.82) is 0 Å². The molecule has 0 atom stereocenters. The first-order chi connectivity index (χ1) is 49.1. The van der Waals surface area contributed by atoms with Crippen molar-refractivity contribution in [1.82, 2.24) is 0 Å². The zero-order valence-corrected chi connectivity index (χ0v) is 59.8. The van der Waals surface area contributed by atoms with Gasteiger partial charge in [-0.3, -0.25) is 0 Å². The van der Waals surface area contributed by atoms with E-state index >= 15 is 0 Å². The number of ether oxygens (including phenoxy) is 8. The SMILES string of the molecule is CCCOCCOCCOOc1ccc(C2(c3ccc(OCCOCCOCCOC)c(C(=O)OCC)c3)c3cc(-c4ccc5c(c4)C(C)(C)c4cc(-c6ccc(C)cc6)ccc4-5)ccc3-c3ccc(-c4ccc5c(c4)C(C)(C)c4cc(-c6ccc(C)cc6)ccc4-5)cc32)cc1C(=O)OCC. The number of carbonyl (C=O) groups excluding carboxylic acids is 2. The number of carbonyl (C=O) groups is 2. The van der Waals surface area contributed by atoms with Crippen LogP contribution in [0.5, 0.6) is 11.5 Å². The van der Waals surface area contributed by atoms with E-state index < -0.39 is 17.4 Å². The Hall–Kier alpha value is -9.50. The van der Waals surface area contributed by atoms with E-state index in [2.05, 4.69) is 206 Å². The third kappa shape index (κ3) is 13.8. The number of methoxy groups -OCH3 is 1. The maximum atomic E-state index is 14.8. The predicted molar refractivity (Wildman–Crippen MR) is 400 cm³/mol. The van der Waals surface area contributed by atoms with Crippen LogP contribution in [-0.2, 0) is 54.3 Å². The second kappa shape index (κ2) is 30.4. The summed E-state index contributed by atoms with van der Waals surface area (Å²) in [6.45, 7) is 23.3. The Bertz CT molecular complexity index is 4380. The molecule has 518 valence electrons. The minimum absolute atomic E-state index is 0.0787. The zero-order valence-electron chi connectivity index (χ0n) is 59.8. The summed E-state index contributed by atoms with van der Waals surface area (Å²) in [4.78, 5) is 41.4. The van der Waals surface area contributed by atoms with Crippen LogP contribution in [0.4, 0.5) is 0 Å². The fourth-order valence-electron chi connectivity index (χ4n) is 15.0. The van der Waals surface area contributed by atoms with Gasteiger partial charge in [0.05, 0.1) is 71.5 Å². The first kappa shape index (κ1) is 70.0. The molecule has 10 aromatic carbocycles. The molecule has 0 saturated carbocycles. The molecule has 12 nitrogen and oxygen atoms in total. The highest BCUT2D eigenvalue weighted by molar-refractivity contribution is 5.97. The summed E-state index contributed by atoms with van der Waals surface area (Å²) in [5, 5.41) is 0. The van der Waals surface area contributed by atoms with Crippen LogP contribution < -0.4 is 9.62 Å². The van der Waals surface area contributed by atoms with Gasteiger partial charge in [0.15, 0.2) is 5.75 Å². The molecule has 0 fully saturated rings. The number of fused-ring (bicyclic) bond motifs is 9. The van der Waals surface area contributed by atoms with Gasteiger partial charge < -0.3 is 42.8 Å². The lowest BCUT2D eigenvalue weighted by Crippen LogP contribution is -2.30. The average molecular weight is 1350 g/mol.